The Morgan fingerprint density at radius 2 is 1.50 bits per heavy atom. The molecule has 0 aliphatic rings. The molecule has 4 unspecified atom stereocenters. The smallest absolute Gasteiger partial charge is 0.326 e. The minimum absolute atomic E-state index is 0.0810. The highest BCUT2D eigenvalue weighted by Gasteiger charge is 2.31. The lowest BCUT2D eigenvalue weighted by Gasteiger charge is -2.25. The summed E-state index contributed by atoms with van der Waals surface area (Å²) in [4.78, 5) is 75.6. The number of hydrogen-bond acceptors (Lipinski definition) is 8. The summed E-state index contributed by atoms with van der Waals surface area (Å²) in [6.45, 7) is 0. The number of carbonyl (C=O) groups excluding carboxylic acids is 3. The number of para-hydroxylation sites is 1. The van der Waals surface area contributed by atoms with Gasteiger partial charge in [0.25, 0.3) is 0 Å². The molecule has 2 rings (SSSR count). The quantitative estimate of drug-likeness (QED) is 0.121. The summed E-state index contributed by atoms with van der Waals surface area (Å²) in [6.07, 6.45) is 2.13. The first-order chi connectivity index (χ1) is 18.9. The molecular formula is C25H33N5O9S. The molecule has 218 valence electrons. The van der Waals surface area contributed by atoms with E-state index in [9.17, 15) is 33.9 Å². The fourth-order valence-corrected chi connectivity index (χ4v) is 4.31. The normalized spacial score (nSPS) is 13.9. The van der Waals surface area contributed by atoms with E-state index < -0.39 is 66.2 Å². The molecule has 1 aromatic heterocycles. The Morgan fingerprint density at radius 1 is 0.875 bits per heavy atom. The maximum absolute atomic E-state index is 13.3. The average molecular weight is 580 g/mol. The second kappa shape index (κ2) is 15.5. The number of thioether (sulfide) groups is 1. The number of fused-ring (bicyclic) bond motifs is 1. The third kappa shape index (κ3) is 9.89. The van der Waals surface area contributed by atoms with Crippen molar-refractivity contribution in [1.29, 1.82) is 0 Å². The Morgan fingerprint density at radius 3 is 2.12 bits per heavy atom. The van der Waals surface area contributed by atoms with E-state index in [-0.39, 0.29) is 25.7 Å². The van der Waals surface area contributed by atoms with E-state index in [1.54, 1.807) is 36.7 Å². The first kappa shape index (κ1) is 32.1. The van der Waals surface area contributed by atoms with Crippen molar-refractivity contribution in [3.63, 3.8) is 0 Å². The molecule has 0 radical (unpaired) electrons. The lowest BCUT2D eigenvalue weighted by atomic mass is 10.0. The van der Waals surface area contributed by atoms with Crippen LogP contribution in [0.5, 0.6) is 0 Å². The minimum atomic E-state index is -1.74. The first-order valence-electron chi connectivity index (χ1n) is 12.3. The van der Waals surface area contributed by atoms with Crippen LogP contribution in [0.3, 0.4) is 0 Å². The Bertz CT molecular complexity index is 1230. The molecule has 15 heteroatoms. The van der Waals surface area contributed by atoms with Crippen molar-refractivity contribution in [2.24, 2.45) is 5.73 Å². The number of carbonyl (C=O) groups is 6. The third-order valence-corrected chi connectivity index (χ3v) is 6.62. The number of benzene rings is 1. The molecule has 0 bridgehead atoms. The fraction of sp³-hybridized carbons (Fsp3) is 0.440. The van der Waals surface area contributed by atoms with E-state index in [0.29, 0.717) is 11.3 Å². The second-order valence-electron chi connectivity index (χ2n) is 9.00. The van der Waals surface area contributed by atoms with Crippen LogP contribution < -0.4 is 21.7 Å². The number of aliphatic carboxylic acids is 3. The van der Waals surface area contributed by atoms with Crippen molar-refractivity contribution >= 4 is 58.3 Å². The van der Waals surface area contributed by atoms with Crippen LogP contribution in [-0.4, -0.2) is 92.1 Å². The summed E-state index contributed by atoms with van der Waals surface area (Å²) in [7, 11) is 0. The molecule has 3 amide bonds. The third-order valence-electron chi connectivity index (χ3n) is 5.97. The van der Waals surface area contributed by atoms with Crippen LogP contribution >= 0.6 is 11.8 Å². The van der Waals surface area contributed by atoms with Crippen LogP contribution in [0.15, 0.2) is 30.5 Å². The Labute approximate surface area is 233 Å². The Hall–Kier alpha value is -4.11. The van der Waals surface area contributed by atoms with E-state index in [4.69, 9.17) is 15.9 Å². The zero-order chi connectivity index (χ0) is 29.8. The van der Waals surface area contributed by atoms with E-state index in [1.807, 2.05) is 0 Å². The number of nitrogens with two attached hydrogens (primary N) is 1. The minimum Gasteiger partial charge on any atom is -0.481 e. The molecule has 0 saturated carbocycles. The summed E-state index contributed by atoms with van der Waals surface area (Å²) in [5, 5.41) is 35.2. The van der Waals surface area contributed by atoms with E-state index in [1.165, 1.54) is 11.8 Å². The van der Waals surface area contributed by atoms with Crippen LogP contribution in [0.4, 0.5) is 0 Å². The summed E-state index contributed by atoms with van der Waals surface area (Å²) < 4.78 is 0. The van der Waals surface area contributed by atoms with Gasteiger partial charge >= 0.3 is 17.9 Å². The summed E-state index contributed by atoms with van der Waals surface area (Å²) in [5.41, 5.74) is 7.16. The molecule has 4 atom stereocenters. The van der Waals surface area contributed by atoms with Gasteiger partial charge in [-0.15, -0.1) is 0 Å². The molecule has 0 fully saturated rings. The number of carboxylic acid groups (broad SMARTS) is 3. The number of aromatic nitrogens is 1. The fourth-order valence-electron chi connectivity index (χ4n) is 3.84. The maximum Gasteiger partial charge on any atom is 0.326 e. The Balaban J connectivity index is 2.29. The predicted octanol–water partition coefficient (Wildman–Crippen LogP) is -0.331. The lowest BCUT2D eigenvalue weighted by molar-refractivity contribution is -0.147. The summed E-state index contributed by atoms with van der Waals surface area (Å²) in [5.74, 6) is -6.11. The monoisotopic (exact) mass is 579 g/mol. The highest BCUT2D eigenvalue weighted by molar-refractivity contribution is 7.98. The molecule has 40 heavy (non-hydrogen) atoms. The van der Waals surface area contributed by atoms with Gasteiger partial charge in [0.05, 0.1) is 12.5 Å². The van der Waals surface area contributed by atoms with Crippen molar-refractivity contribution < 1.29 is 44.1 Å². The van der Waals surface area contributed by atoms with Gasteiger partial charge in [0.15, 0.2) is 0 Å². The summed E-state index contributed by atoms with van der Waals surface area (Å²) >= 11 is 1.40. The molecule has 1 aromatic carbocycles. The van der Waals surface area contributed by atoms with Gasteiger partial charge in [0.1, 0.15) is 18.1 Å². The van der Waals surface area contributed by atoms with Gasteiger partial charge in [0, 0.05) is 29.9 Å². The molecule has 0 aliphatic carbocycles. The van der Waals surface area contributed by atoms with E-state index >= 15 is 0 Å². The standard InChI is InChI=1S/C25H33N5O9S/c1-40-9-8-17(28-22(35)15(26)6-7-20(31)32)23(36)29-18(24(37)30-19(25(38)39)11-21(33)34)10-13-12-27-16-5-3-2-4-14(13)16/h2-5,12,15,17-19,27H,6-11,26H2,1H3,(H,28,35)(H,29,36)(H,30,37)(H,31,32)(H,33,34)(H,38,39). The molecule has 9 N–H and O–H groups in total. The highest BCUT2D eigenvalue weighted by atomic mass is 32.2. The van der Waals surface area contributed by atoms with E-state index in [0.717, 1.165) is 10.9 Å². The van der Waals surface area contributed by atoms with Crippen molar-refractivity contribution in [2.75, 3.05) is 12.0 Å². The maximum atomic E-state index is 13.3. The largest absolute Gasteiger partial charge is 0.481 e. The van der Waals surface area contributed by atoms with Gasteiger partial charge in [-0.05, 0) is 36.5 Å². The zero-order valence-corrected chi connectivity index (χ0v) is 22.5. The lowest BCUT2D eigenvalue weighted by Crippen LogP contribution is -2.57. The van der Waals surface area contributed by atoms with Crippen molar-refractivity contribution in [2.45, 2.75) is 56.3 Å². The Kier molecular flexibility index (Phi) is 12.4. The molecule has 0 spiro atoms. The van der Waals surface area contributed by atoms with Gasteiger partial charge < -0.3 is 42.0 Å². The average Bonchev–Trinajstić information content (AvgIpc) is 3.30. The summed E-state index contributed by atoms with van der Waals surface area (Å²) in [6, 6.07) is 1.79. The molecule has 1 heterocycles. The second-order valence-corrected chi connectivity index (χ2v) is 9.99. The number of hydrogen-bond donors (Lipinski definition) is 8. The van der Waals surface area contributed by atoms with Crippen molar-refractivity contribution in [3.05, 3.63) is 36.0 Å². The molecule has 0 saturated heterocycles. The molecule has 14 nitrogen and oxygen atoms in total. The number of H-pyrrole nitrogens is 1. The van der Waals surface area contributed by atoms with Crippen molar-refractivity contribution in [3.8, 4) is 0 Å². The number of aromatic amines is 1. The zero-order valence-electron chi connectivity index (χ0n) is 21.7. The van der Waals surface area contributed by atoms with Crippen LogP contribution in [0.1, 0.15) is 31.2 Å². The number of rotatable bonds is 17. The highest BCUT2D eigenvalue weighted by Crippen LogP contribution is 2.19. The van der Waals surface area contributed by atoms with Crippen LogP contribution in [0.25, 0.3) is 10.9 Å². The number of amides is 3. The van der Waals surface area contributed by atoms with Crippen LogP contribution in [0, 0.1) is 0 Å². The molecule has 0 aliphatic heterocycles. The molecular weight excluding hydrogens is 546 g/mol. The molecule has 2 aromatic rings. The number of nitrogens with one attached hydrogen (secondary N) is 4. The first-order valence-corrected chi connectivity index (χ1v) is 13.7. The van der Waals surface area contributed by atoms with Gasteiger partial charge in [-0.2, -0.15) is 11.8 Å². The van der Waals surface area contributed by atoms with E-state index in [2.05, 4.69) is 20.9 Å². The topological polar surface area (TPSA) is 241 Å². The van der Waals surface area contributed by atoms with Gasteiger partial charge in [0.2, 0.25) is 17.7 Å². The van der Waals surface area contributed by atoms with Gasteiger partial charge in [-0.3, -0.25) is 24.0 Å². The van der Waals surface area contributed by atoms with Crippen LogP contribution in [0.2, 0.25) is 0 Å². The van der Waals surface area contributed by atoms with Gasteiger partial charge in [-0.1, -0.05) is 18.2 Å². The predicted molar refractivity (Wildman–Crippen MR) is 146 cm³/mol. The van der Waals surface area contributed by atoms with Gasteiger partial charge in [-0.25, -0.2) is 4.79 Å². The van der Waals surface area contributed by atoms with Crippen molar-refractivity contribution in [1.82, 2.24) is 20.9 Å². The van der Waals surface area contributed by atoms with Crippen LogP contribution in [-0.2, 0) is 35.2 Å². The number of carboxylic acids is 3. The SMILES string of the molecule is CSCCC(NC(=O)C(N)CCC(=O)O)C(=O)NC(Cc1c[nH]c2ccccc12)C(=O)NC(CC(=O)O)C(=O)O.